The van der Waals surface area contributed by atoms with Crippen molar-refractivity contribution in [3.63, 3.8) is 0 Å². The Kier molecular flexibility index (Phi) is 3.90. The molecule has 1 saturated carbocycles. The van der Waals surface area contributed by atoms with E-state index in [1.807, 2.05) is 16.7 Å². The van der Waals surface area contributed by atoms with Crippen LogP contribution in [-0.4, -0.2) is 45.8 Å². The Labute approximate surface area is 113 Å². The zero-order chi connectivity index (χ0) is 13.3. The zero-order valence-electron chi connectivity index (χ0n) is 11.4. The molecule has 2 atom stereocenters. The van der Waals surface area contributed by atoms with Gasteiger partial charge in [0.25, 0.3) is 0 Å². The van der Waals surface area contributed by atoms with E-state index in [0.29, 0.717) is 5.25 Å². The lowest BCUT2D eigenvalue weighted by atomic mass is 9.98. The summed E-state index contributed by atoms with van der Waals surface area (Å²) in [4.78, 5) is 26.0. The van der Waals surface area contributed by atoms with E-state index in [1.54, 1.807) is 13.8 Å². The summed E-state index contributed by atoms with van der Waals surface area (Å²) in [6.45, 7) is 5.95. The first-order chi connectivity index (χ1) is 8.45. The van der Waals surface area contributed by atoms with Gasteiger partial charge in [-0.25, -0.2) is 0 Å². The standard InChI is InChI=1S/C13H22N2O2S/c1-4-18-10-7-5-6-9(10)15-8-11(16)14-13(2,3)12(15)17/h9-10H,4-8H2,1-3H3,(H,14,16). The SMILES string of the molecule is CCSC1CCCC1N1CC(=O)NC(C)(C)C1=O. The topological polar surface area (TPSA) is 49.4 Å². The second-order valence-corrected chi connectivity index (χ2v) is 7.11. The van der Waals surface area contributed by atoms with Gasteiger partial charge >= 0.3 is 0 Å². The highest BCUT2D eigenvalue weighted by Gasteiger charge is 2.44. The van der Waals surface area contributed by atoms with Crippen LogP contribution in [0.5, 0.6) is 0 Å². The number of thioether (sulfide) groups is 1. The lowest BCUT2D eigenvalue weighted by Gasteiger charge is -2.42. The number of hydrogen-bond donors (Lipinski definition) is 1. The third kappa shape index (κ3) is 2.51. The molecule has 18 heavy (non-hydrogen) atoms. The van der Waals surface area contributed by atoms with Crippen LogP contribution in [0.15, 0.2) is 0 Å². The van der Waals surface area contributed by atoms with Gasteiger partial charge in [-0.15, -0.1) is 0 Å². The first-order valence-electron chi connectivity index (χ1n) is 6.69. The van der Waals surface area contributed by atoms with E-state index in [4.69, 9.17) is 0 Å². The number of nitrogens with zero attached hydrogens (tertiary/aromatic N) is 1. The van der Waals surface area contributed by atoms with Crippen molar-refractivity contribution in [1.29, 1.82) is 0 Å². The molecule has 0 bridgehead atoms. The highest BCUT2D eigenvalue weighted by atomic mass is 32.2. The fraction of sp³-hybridized carbons (Fsp3) is 0.846. The first kappa shape index (κ1) is 13.7. The summed E-state index contributed by atoms with van der Waals surface area (Å²) in [6, 6.07) is 0.243. The lowest BCUT2D eigenvalue weighted by molar-refractivity contribution is -0.150. The first-order valence-corrected chi connectivity index (χ1v) is 7.74. The number of rotatable bonds is 3. The van der Waals surface area contributed by atoms with Gasteiger partial charge in [-0.2, -0.15) is 11.8 Å². The number of hydrogen-bond acceptors (Lipinski definition) is 3. The average molecular weight is 270 g/mol. The van der Waals surface area contributed by atoms with Gasteiger partial charge < -0.3 is 10.2 Å². The van der Waals surface area contributed by atoms with Crippen LogP contribution in [0.1, 0.15) is 40.0 Å². The molecule has 0 aromatic heterocycles. The van der Waals surface area contributed by atoms with Gasteiger partial charge in [0.05, 0.1) is 6.54 Å². The average Bonchev–Trinajstić information content (AvgIpc) is 2.71. The molecule has 2 unspecified atom stereocenters. The van der Waals surface area contributed by atoms with Gasteiger partial charge in [-0.1, -0.05) is 13.3 Å². The van der Waals surface area contributed by atoms with Crippen molar-refractivity contribution in [2.75, 3.05) is 12.3 Å². The highest BCUT2D eigenvalue weighted by Crippen LogP contribution is 2.35. The Morgan fingerprint density at radius 2 is 2.11 bits per heavy atom. The van der Waals surface area contributed by atoms with E-state index >= 15 is 0 Å². The zero-order valence-corrected chi connectivity index (χ0v) is 12.2. The van der Waals surface area contributed by atoms with E-state index in [2.05, 4.69) is 12.2 Å². The van der Waals surface area contributed by atoms with Crippen LogP contribution >= 0.6 is 11.8 Å². The largest absolute Gasteiger partial charge is 0.341 e. The number of carbonyl (C=O) groups excluding carboxylic acids is 2. The molecule has 1 aliphatic carbocycles. The van der Waals surface area contributed by atoms with E-state index < -0.39 is 5.54 Å². The van der Waals surface area contributed by atoms with Crippen LogP contribution in [0.2, 0.25) is 0 Å². The molecular weight excluding hydrogens is 248 g/mol. The molecule has 0 spiro atoms. The maximum absolute atomic E-state index is 12.4. The van der Waals surface area contributed by atoms with Gasteiger partial charge in [-0.3, -0.25) is 9.59 Å². The van der Waals surface area contributed by atoms with Crippen molar-refractivity contribution in [2.45, 2.75) is 56.9 Å². The molecule has 2 aliphatic rings. The minimum Gasteiger partial charge on any atom is -0.341 e. The van der Waals surface area contributed by atoms with Crippen LogP contribution in [0.4, 0.5) is 0 Å². The molecule has 2 amide bonds. The van der Waals surface area contributed by atoms with Crippen molar-refractivity contribution in [1.82, 2.24) is 10.2 Å². The van der Waals surface area contributed by atoms with Gasteiger partial charge in [0.15, 0.2) is 0 Å². The molecule has 4 nitrogen and oxygen atoms in total. The summed E-state index contributed by atoms with van der Waals surface area (Å²) >= 11 is 1.92. The van der Waals surface area contributed by atoms with Crippen LogP contribution < -0.4 is 5.32 Å². The van der Waals surface area contributed by atoms with E-state index in [9.17, 15) is 9.59 Å². The third-order valence-corrected chi connectivity index (χ3v) is 5.07. The van der Waals surface area contributed by atoms with Gasteiger partial charge in [0.2, 0.25) is 11.8 Å². The number of nitrogens with one attached hydrogen (secondary N) is 1. The van der Waals surface area contributed by atoms with Crippen molar-refractivity contribution >= 4 is 23.6 Å². The second kappa shape index (κ2) is 5.11. The predicted octanol–water partition coefficient (Wildman–Crippen LogP) is 1.40. The Hall–Kier alpha value is -0.710. The van der Waals surface area contributed by atoms with Crippen LogP contribution in [0.3, 0.4) is 0 Å². The molecule has 1 aliphatic heterocycles. The number of piperazine rings is 1. The molecule has 5 heteroatoms. The van der Waals surface area contributed by atoms with Crippen molar-refractivity contribution in [2.24, 2.45) is 0 Å². The quantitative estimate of drug-likeness (QED) is 0.843. The molecule has 2 rings (SSSR count). The fourth-order valence-corrected chi connectivity index (χ4v) is 4.23. The molecule has 0 radical (unpaired) electrons. The van der Waals surface area contributed by atoms with Crippen LogP contribution in [-0.2, 0) is 9.59 Å². The Morgan fingerprint density at radius 1 is 1.39 bits per heavy atom. The van der Waals surface area contributed by atoms with Crippen molar-refractivity contribution in [3.8, 4) is 0 Å². The van der Waals surface area contributed by atoms with E-state index in [0.717, 1.165) is 25.0 Å². The Bertz CT molecular complexity index is 357. The normalized spacial score (nSPS) is 31.6. The molecular formula is C13H22N2O2S. The fourth-order valence-electron chi connectivity index (χ4n) is 2.97. The number of carbonyl (C=O) groups is 2. The van der Waals surface area contributed by atoms with Crippen LogP contribution in [0.25, 0.3) is 0 Å². The van der Waals surface area contributed by atoms with Crippen molar-refractivity contribution < 1.29 is 9.59 Å². The minimum atomic E-state index is -0.751. The molecule has 0 aromatic carbocycles. The monoisotopic (exact) mass is 270 g/mol. The maximum atomic E-state index is 12.4. The predicted molar refractivity (Wildman–Crippen MR) is 73.5 cm³/mol. The number of amides is 2. The lowest BCUT2D eigenvalue weighted by Crippen LogP contribution is -2.66. The summed E-state index contributed by atoms with van der Waals surface area (Å²) in [5.41, 5.74) is -0.751. The highest BCUT2D eigenvalue weighted by molar-refractivity contribution is 7.99. The Morgan fingerprint density at radius 3 is 2.78 bits per heavy atom. The smallest absolute Gasteiger partial charge is 0.248 e. The molecule has 102 valence electrons. The van der Waals surface area contributed by atoms with Gasteiger partial charge in [-0.05, 0) is 32.4 Å². The van der Waals surface area contributed by atoms with Gasteiger partial charge in [0, 0.05) is 11.3 Å². The summed E-state index contributed by atoms with van der Waals surface area (Å²) < 4.78 is 0. The Balaban J connectivity index is 2.15. The van der Waals surface area contributed by atoms with E-state index in [1.165, 1.54) is 0 Å². The summed E-state index contributed by atoms with van der Waals surface area (Å²) in [7, 11) is 0. The molecule has 2 fully saturated rings. The van der Waals surface area contributed by atoms with E-state index in [-0.39, 0.29) is 24.4 Å². The summed E-state index contributed by atoms with van der Waals surface area (Å²) in [5.74, 6) is 1.10. The maximum Gasteiger partial charge on any atom is 0.248 e. The molecule has 1 saturated heterocycles. The van der Waals surface area contributed by atoms with Gasteiger partial charge in [0.1, 0.15) is 5.54 Å². The summed E-state index contributed by atoms with van der Waals surface area (Å²) in [5, 5.41) is 3.27. The molecule has 1 heterocycles. The minimum absolute atomic E-state index is 0.0354. The second-order valence-electron chi connectivity index (χ2n) is 5.60. The molecule has 0 aromatic rings. The summed E-state index contributed by atoms with van der Waals surface area (Å²) in [6.07, 6.45) is 3.36. The van der Waals surface area contributed by atoms with Crippen LogP contribution in [0, 0.1) is 0 Å². The third-order valence-electron chi connectivity index (χ3n) is 3.76. The van der Waals surface area contributed by atoms with Crippen molar-refractivity contribution in [3.05, 3.63) is 0 Å². The molecule has 1 N–H and O–H groups in total.